The van der Waals surface area contributed by atoms with Gasteiger partial charge in [0, 0.05) is 11.8 Å². The molecule has 2 aromatic carbocycles. The molecule has 1 amide bonds. The summed E-state index contributed by atoms with van der Waals surface area (Å²) in [6, 6.07) is 11.8. The molecule has 7 heteroatoms. The van der Waals surface area contributed by atoms with Crippen LogP contribution in [0.1, 0.15) is 21.6 Å². The number of amides is 1. The lowest BCUT2D eigenvalue weighted by atomic mass is 10.0. The Morgan fingerprint density at radius 1 is 1.14 bits per heavy atom. The van der Waals surface area contributed by atoms with E-state index in [4.69, 9.17) is 0 Å². The number of hydrogen-bond donors (Lipinski definition) is 2. The van der Waals surface area contributed by atoms with Gasteiger partial charge in [-0.1, -0.05) is 24.3 Å². The van der Waals surface area contributed by atoms with Gasteiger partial charge in [-0.05, 0) is 23.8 Å². The Bertz CT molecular complexity index is 1060. The first-order chi connectivity index (χ1) is 13.1. The number of rotatable bonds is 3. The second-order valence-electron chi connectivity index (χ2n) is 6.69. The fourth-order valence-electron chi connectivity index (χ4n) is 3.47. The number of carbonyl (C=O) groups excluding carboxylic acids is 1. The topological polar surface area (TPSA) is 82.7 Å². The lowest BCUT2D eigenvalue weighted by molar-refractivity contribution is -0.661. The van der Waals surface area contributed by atoms with E-state index >= 15 is 0 Å². The third kappa shape index (κ3) is 3.80. The Hall–Kier alpha value is -3.06. The molecule has 0 unspecified atom stereocenters. The van der Waals surface area contributed by atoms with Crippen molar-refractivity contribution in [2.45, 2.75) is 6.42 Å². The minimum atomic E-state index is -0.516. The van der Waals surface area contributed by atoms with Crippen molar-refractivity contribution in [1.82, 2.24) is 15.1 Å². The molecule has 146 valence electrons. The molecule has 2 heterocycles. The van der Waals surface area contributed by atoms with Crippen LogP contribution in [-0.2, 0) is 6.42 Å². The van der Waals surface area contributed by atoms with Crippen molar-refractivity contribution in [3.8, 4) is 0 Å². The van der Waals surface area contributed by atoms with Crippen molar-refractivity contribution >= 4 is 16.7 Å². The lowest BCUT2D eigenvalue weighted by Gasteiger charge is -2.25. The van der Waals surface area contributed by atoms with E-state index in [1.807, 2.05) is 12.1 Å². The van der Waals surface area contributed by atoms with E-state index in [0.29, 0.717) is 30.6 Å². The van der Waals surface area contributed by atoms with Gasteiger partial charge in [-0.2, -0.15) is 5.10 Å². The Kier molecular flexibility index (Phi) is 5.84. The summed E-state index contributed by atoms with van der Waals surface area (Å²) in [7, 11) is 0. The van der Waals surface area contributed by atoms with Crippen LogP contribution in [-0.4, -0.2) is 47.2 Å². The van der Waals surface area contributed by atoms with Crippen molar-refractivity contribution in [3.05, 3.63) is 82.9 Å². The van der Waals surface area contributed by atoms with Gasteiger partial charge in [-0.25, -0.2) is 9.49 Å². The smallest absolute Gasteiger partial charge is 0.272 e. The first-order valence-electron chi connectivity index (χ1n) is 8.99. The number of quaternary nitrogens is 1. The number of piperazine rings is 1. The average molecular weight is 382 g/mol. The molecular formula is C21H23FN4O2. The van der Waals surface area contributed by atoms with Crippen molar-refractivity contribution < 1.29 is 14.5 Å². The zero-order chi connectivity index (χ0) is 18.8. The van der Waals surface area contributed by atoms with E-state index in [9.17, 15) is 14.0 Å². The van der Waals surface area contributed by atoms with Crippen LogP contribution in [0, 0.1) is 13.2 Å². The highest BCUT2D eigenvalue weighted by Crippen LogP contribution is 2.19. The fraction of sp³-hybridized carbons (Fsp3) is 0.238. The molecule has 28 heavy (non-hydrogen) atoms. The first kappa shape index (κ1) is 19.7. The highest BCUT2D eigenvalue weighted by atomic mass is 19.1. The molecule has 0 spiro atoms. The Morgan fingerprint density at radius 3 is 2.61 bits per heavy atom. The molecule has 1 aliphatic rings. The van der Waals surface area contributed by atoms with Gasteiger partial charge in [0.1, 0.15) is 5.82 Å². The summed E-state index contributed by atoms with van der Waals surface area (Å²) in [5.41, 5.74) is 1.30. The maximum Gasteiger partial charge on any atom is 0.272 e. The second kappa shape index (κ2) is 8.31. The fourth-order valence-corrected chi connectivity index (χ4v) is 3.47. The van der Waals surface area contributed by atoms with E-state index in [1.165, 1.54) is 6.07 Å². The van der Waals surface area contributed by atoms with Gasteiger partial charge in [-0.3, -0.25) is 9.59 Å². The number of hydrogen-bond acceptors (Lipinski definition) is 3. The number of nitrogens with two attached hydrogens (primary N) is 1. The SMILES string of the molecule is O=C(c1cc(Cc2n[nH]c(=O)c3ccccc23)ccc1F)N1CC[NH2+]CC1.[CH3-]. The number of nitrogens with zero attached hydrogens (tertiary/aromatic N) is 2. The number of carbonyl (C=O) groups is 1. The Balaban J connectivity index is 0.00000225. The summed E-state index contributed by atoms with van der Waals surface area (Å²) >= 11 is 0. The zero-order valence-corrected chi connectivity index (χ0v) is 15.7. The lowest BCUT2D eigenvalue weighted by Crippen LogP contribution is -2.89. The molecule has 1 fully saturated rings. The largest absolute Gasteiger partial charge is 0.358 e. The monoisotopic (exact) mass is 382 g/mol. The molecule has 1 saturated heterocycles. The van der Waals surface area contributed by atoms with E-state index in [0.717, 1.165) is 24.0 Å². The summed E-state index contributed by atoms with van der Waals surface area (Å²) in [5, 5.41) is 10.1. The van der Waals surface area contributed by atoms with Crippen LogP contribution in [0.2, 0.25) is 0 Å². The molecule has 0 bridgehead atoms. The molecule has 3 N–H and O–H groups in total. The predicted octanol–water partition coefficient (Wildman–Crippen LogP) is 1.12. The van der Waals surface area contributed by atoms with Crippen molar-refractivity contribution in [2.75, 3.05) is 26.2 Å². The highest BCUT2D eigenvalue weighted by Gasteiger charge is 2.22. The van der Waals surface area contributed by atoms with Crippen LogP contribution >= 0.6 is 0 Å². The predicted molar refractivity (Wildman–Crippen MR) is 106 cm³/mol. The molecule has 3 aromatic rings. The number of aromatic nitrogens is 2. The molecule has 4 rings (SSSR count). The van der Waals surface area contributed by atoms with Gasteiger partial charge >= 0.3 is 0 Å². The summed E-state index contributed by atoms with van der Waals surface area (Å²) in [4.78, 5) is 26.3. The average Bonchev–Trinajstić information content (AvgIpc) is 2.72. The van der Waals surface area contributed by atoms with Crippen molar-refractivity contribution in [1.29, 1.82) is 0 Å². The molecule has 0 atom stereocenters. The molecule has 0 radical (unpaired) electrons. The zero-order valence-electron chi connectivity index (χ0n) is 15.7. The molecule has 1 aliphatic heterocycles. The quantitative estimate of drug-likeness (QED) is 0.666. The second-order valence-corrected chi connectivity index (χ2v) is 6.69. The third-order valence-corrected chi connectivity index (χ3v) is 4.90. The third-order valence-electron chi connectivity index (χ3n) is 4.90. The highest BCUT2D eigenvalue weighted by molar-refractivity contribution is 5.94. The van der Waals surface area contributed by atoms with Crippen LogP contribution in [0.15, 0.2) is 47.3 Å². The molecular weight excluding hydrogens is 359 g/mol. The van der Waals surface area contributed by atoms with Crippen molar-refractivity contribution in [2.24, 2.45) is 0 Å². The summed E-state index contributed by atoms with van der Waals surface area (Å²) < 4.78 is 14.3. The molecule has 0 saturated carbocycles. The van der Waals surface area contributed by atoms with Crippen LogP contribution in [0.25, 0.3) is 10.8 Å². The van der Waals surface area contributed by atoms with Gasteiger partial charge in [0.15, 0.2) is 0 Å². The number of H-pyrrole nitrogens is 1. The minimum Gasteiger partial charge on any atom is -0.358 e. The van der Waals surface area contributed by atoms with Gasteiger partial charge in [-0.15, -0.1) is 0 Å². The number of aromatic amines is 1. The molecule has 6 nitrogen and oxygen atoms in total. The summed E-state index contributed by atoms with van der Waals surface area (Å²) in [6.07, 6.45) is 0.394. The number of halogens is 1. The van der Waals surface area contributed by atoms with Gasteiger partial charge in [0.05, 0.1) is 42.8 Å². The van der Waals surface area contributed by atoms with Gasteiger partial charge in [0.25, 0.3) is 11.5 Å². The van der Waals surface area contributed by atoms with E-state index in [2.05, 4.69) is 15.5 Å². The minimum absolute atomic E-state index is 0. The number of nitrogens with one attached hydrogen (secondary N) is 1. The van der Waals surface area contributed by atoms with Gasteiger partial charge < -0.3 is 17.6 Å². The maximum absolute atomic E-state index is 14.3. The molecule has 0 aliphatic carbocycles. The van der Waals surface area contributed by atoms with Gasteiger partial charge in [0.2, 0.25) is 0 Å². The molecule has 1 aromatic heterocycles. The van der Waals surface area contributed by atoms with E-state index in [1.54, 1.807) is 29.2 Å². The maximum atomic E-state index is 14.3. The normalized spacial score (nSPS) is 14.0. The van der Waals surface area contributed by atoms with Crippen LogP contribution in [0.4, 0.5) is 4.39 Å². The Morgan fingerprint density at radius 2 is 1.86 bits per heavy atom. The first-order valence-corrected chi connectivity index (χ1v) is 8.99. The van der Waals surface area contributed by atoms with E-state index in [-0.39, 0.29) is 24.5 Å². The summed E-state index contributed by atoms with van der Waals surface area (Å²) in [5.74, 6) is -0.792. The van der Waals surface area contributed by atoms with E-state index < -0.39 is 5.82 Å². The van der Waals surface area contributed by atoms with Crippen LogP contribution in [0.5, 0.6) is 0 Å². The van der Waals surface area contributed by atoms with Crippen molar-refractivity contribution in [3.63, 3.8) is 0 Å². The number of benzene rings is 2. The van der Waals surface area contributed by atoms with Crippen LogP contribution < -0.4 is 10.9 Å². The number of fused-ring (bicyclic) bond motifs is 1. The Labute approximate surface area is 162 Å². The summed E-state index contributed by atoms with van der Waals surface area (Å²) in [6.45, 7) is 2.91. The van der Waals surface area contributed by atoms with Crippen LogP contribution in [0.3, 0.4) is 0 Å². The standard InChI is InChI=1S/C20H19FN4O2.CH3/c21-17-6-5-13(11-16(17)20(27)25-9-7-22-8-10-25)12-18-14-3-1-2-4-15(14)19(26)24-23-18;/h1-6,11,22H,7-10,12H2,(H,24,26);1H3/q;-1/p+1.